The first-order valence-corrected chi connectivity index (χ1v) is 10.7. The summed E-state index contributed by atoms with van der Waals surface area (Å²) in [6.07, 6.45) is 2.02. The molecule has 2 aliphatic heterocycles. The molecule has 1 N–H and O–H groups in total. The highest BCUT2D eigenvalue weighted by Crippen LogP contribution is 2.42. The van der Waals surface area contributed by atoms with Gasteiger partial charge < -0.3 is 15.0 Å². The number of nitrogens with zero attached hydrogens (tertiary/aromatic N) is 5. The molecule has 1 spiro atoms. The summed E-state index contributed by atoms with van der Waals surface area (Å²) in [5.74, 6) is -0.751. The molecule has 5 rings (SSSR count). The van der Waals surface area contributed by atoms with E-state index in [0.717, 1.165) is 24.4 Å². The molecule has 0 radical (unpaired) electrons. The van der Waals surface area contributed by atoms with E-state index in [-0.39, 0.29) is 11.6 Å². The van der Waals surface area contributed by atoms with Crippen LogP contribution in [-0.2, 0) is 4.74 Å². The highest BCUT2D eigenvalue weighted by atomic mass is 19.2. The zero-order chi connectivity index (χ0) is 23.4. The molecule has 0 unspecified atom stereocenters. The van der Waals surface area contributed by atoms with Crippen LogP contribution in [0.5, 0.6) is 0 Å². The Balaban J connectivity index is 1.35. The summed E-state index contributed by atoms with van der Waals surface area (Å²) in [7, 11) is 0. The van der Waals surface area contributed by atoms with Crippen LogP contribution in [0.1, 0.15) is 27.2 Å². The third-order valence-electron chi connectivity index (χ3n) is 5.93. The summed E-state index contributed by atoms with van der Waals surface area (Å²) in [6.45, 7) is 7.57. The number of halogens is 2. The summed E-state index contributed by atoms with van der Waals surface area (Å²) < 4.78 is 32.4. The van der Waals surface area contributed by atoms with Crippen molar-refractivity contribution in [2.24, 2.45) is 0 Å². The molecular weight excluding hydrogens is 430 g/mol. The molecular formula is C23H24F2N6O2. The maximum atomic E-state index is 13.6. The fourth-order valence-electron chi connectivity index (χ4n) is 4.20. The lowest BCUT2D eigenvalue weighted by atomic mass is 9.78. The minimum absolute atomic E-state index is 0.223. The van der Waals surface area contributed by atoms with Gasteiger partial charge in [0, 0.05) is 31.4 Å². The van der Waals surface area contributed by atoms with E-state index in [9.17, 15) is 13.6 Å². The van der Waals surface area contributed by atoms with Crippen LogP contribution in [0.15, 0.2) is 36.7 Å². The van der Waals surface area contributed by atoms with Crippen molar-refractivity contribution in [3.63, 3.8) is 0 Å². The van der Waals surface area contributed by atoms with Crippen molar-refractivity contribution in [1.82, 2.24) is 19.9 Å². The lowest BCUT2D eigenvalue weighted by Gasteiger charge is -2.62. The third kappa shape index (κ3) is 3.90. The summed E-state index contributed by atoms with van der Waals surface area (Å²) in [4.78, 5) is 29.6. The Morgan fingerprint density at radius 3 is 2.58 bits per heavy atom. The van der Waals surface area contributed by atoms with Gasteiger partial charge in [0.1, 0.15) is 23.3 Å². The van der Waals surface area contributed by atoms with E-state index in [4.69, 9.17) is 9.72 Å². The highest BCUT2D eigenvalue weighted by Gasteiger charge is 2.56. The number of hydrogen-bond donors (Lipinski definition) is 1. The molecule has 3 aromatic rings. The Bertz CT molecular complexity index is 1240. The van der Waals surface area contributed by atoms with E-state index in [1.807, 2.05) is 32.9 Å². The molecule has 0 bridgehead atoms. The molecule has 0 aliphatic carbocycles. The van der Waals surface area contributed by atoms with Crippen molar-refractivity contribution < 1.29 is 18.3 Å². The first-order chi connectivity index (χ1) is 15.6. The van der Waals surface area contributed by atoms with Gasteiger partial charge in [0.05, 0.1) is 11.1 Å². The Morgan fingerprint density at radius 2 is 1.91 bits per heavy atom. The lowest BCUT2D eigenvalue weighted by Crippen LogP contribution is -2.78. The molecule has 2 aliphatic rings. The minimum Gasteiger partial charge on any atom is -0.444 e. The van der Waals surface area contributed by atoms with Gasteiger partial charge in [-0.2, -0.15) is 0 Å². The molecule has 1 aromatic carbocycles. The number of anilines is 3. The summed E-state index contributed by atoms with van der Waals surface area (Å²) in [6, 6.07) is 7.26. The molecule has 0 saturated carbocycles. The molecule has 33 heavy (non-hydrogen) atoms. The van der Waals surface area contributed by atoms with Gasteiger partial charge in [-0.3, -0.25) is 4.90 Å². The van der Waals surface area contributed by atoms with Crippen molar-refractivity contribution in [3.05, 3.63) is 48.3 Å². The van der Waals surface area contributed by atoms with Crippen molar-refractivity contribution in [3.8, 4) is 0 Å². The van der Waals surface area contributed by atoms with Crippen molar-refractivity contribution in [2.75, 3.05) is 29.9 Å². The standard InChI is InChI=1S/C23H24F2N6O2/c1-22(2,3)33-21(32)31-9-8-23(31)11-30(12-23)18-7-6-17-19(29-18)20(27-13-26-17)28-14-4-5-15(24)16(25)10-14/h4-7,10,13H,8-9,11-12H2,1-3H3,(H,26,27,28). The number of nitrogens with one attached hydrogen (secondary N) is 1. The predicted octanol–water partition coefficient (Wildman–Crippen LogP) is 4.25. The van der Waals surface area contributed by atoms with Crippen LogP contribution in [0.25, 0.3) is 11.0 Å². The first kappa shape index (κ1) is 21.3. The van der Waals surface area contributed by atoms with Gasteiger partial charge in [-0.05, 0) is 51.5 Å². The van der Waals surface area contributed by atoms with Crippen LogP contribution >= 0.6 is 0 Å². The number of pyridine rings is 1. The summed E-state index contributed by atoms with van der Waals surface area (Å²) >= 11 is 0. The summed E-state index contributed by atoms with van der Waals surface area (Å²) in [5, 5.41) is 2.99. The SMILES string of the molecule is CC(C)(C)OC(=O)N1CCC12CN(c1ccc3ncnc(Nc4ccc(F)c(F)c4)c3n1)C2. The molecule has 2 fully saturated rings. The van der Waals surface area contributed by atoms with Crippen LogP contribution in [0, 0.1) is 11.6 Å². The number of rotatable bonds is 3. The van der Waals surface area contributed by atoms with Gasteiger partial charge >= 0.3 is 6.09 Å². The predicted molar refractivity (Wildman–Crippen MR) is 119 cm³/mol. The van der Waals surface area contributed by atoms with E-state index < -0.39 is 17.2 Å². The van der Waals surface area contributed by atoms with E-state index in [2.05, 4.69) is 20.2 Å². The number of fused-ring (bicyclic) bond motifs is 1. The molecule has 1 amide bonds. The number of carbonyl (C=O) groups excluding carboxylic acids is 1. The second-order valence-electron chi connectivity index (χ2n) is 9.48. The fraction of sp³-hybridized carbons (Fsp3) is 0.391. The summed E-state index contributed by atoms with van der Waals surface area (Å²) in [5.41, 5.74) is 0.727. The van der Waals surface area contributed by atoms with Crippen LogP contribution < -0.4 is 10.2 Å². The average Bonchev–Trinajstić information content (AvgIpc) is 2.68. The maximum absolute atomic E-state index is 13.6. The normalized spacial score (nSPS) is 17.0. The quantitative estimate of drug-likeness (QED) is 0.634. The van der Waals surface area contributed by atoms with Gasteiger partial charge in [0.2, 0.25) is 0 Å². The zero-order valence-electron chi connectivity index (χ0n) is 18.6. The Kier molecular flexibility index (Phi) is 4.84. The molecule has 8 nitrogen and oxygen atoms in total. The first-order valence-electron chi connectivity index (χ1n) is 10.7. The molecule has 10 heteroatoms. The number of benzene rings is 1. The third-order valence-corrected chi connectivity index (χ3v) is 5.93. The number of ether oxygens (including phenoxy) is 1. The number of hydrogen-bond acceptors (Lipinski definition) is 7. The molecule has 2 aromatic heterocycles. The number of likely N-dealkylation sites (tertiary alicyclic amines) is 1. The van der Waals surface area contributed by atoms with E-state index in [0.29, 0.717) is 42.2 Å². The smallest absolute Gasteiger partial charge is 0.410 e. The molecule has 0 atom stereocenters. The van der Waals surface area contributed by atoms with E-state index in [1.165, 1.54) is 12.4 Å². The van der Waals surface area contributed by atoms with E-state index >= 15 is 0 Å². The van der Waals surface area contributed by atoms with Gasteiger partial charge in [-0.1, -0.05) is 0 Å². The second kappa shape index (κ2) is 7.50. The Hall–Kier alpha value is -3.56. The fourth-order valence-corrected chi connectivity index (χ4v) is 4.20. The Labute approximate surface area is 189 Å². The minimum atomic E-state index is -0.951. The van der Waals surface area contributed by atoms with Crippen LogP contribution in [0.2, 0.25) is 0 Å². The zero-order valence-corrected chi connectivity index (χ0v) is 18.6. The molecule has 4 heterocycles. The highest BCUT2D eigenvalue weighted by molar-refractivity contribution is 5.88. The van der Waals surface area contributed by atoms with Crippen LogP contribution in [-0.4, -0.2) is 56.7 Å². The second-order valence-corrected chi connectivity index (χ2v) is 9.48. The van der Waals surface area contributed by atoms with Crippen molar-refractivity contribution in [1.29, 1.82) is 0 Å². The van der Waals surface area contributed by atoms with E-state index in [1.54, 1.807) is 4.90 Å². The monoisotopic (exact) mass is 454 g/mol. The van der Waals surface area contributed by atoms with Crippen molar-refractivity contribution >= 4 is 34.4 Å². The largest absolute Gasteiger partial charge is 0.444 e. The number of aromatic nitrogens is 3. The lowest BCUT2D eigenvalue weighted by molar-refractivity contribution is -0.0562. The van der Waals surface area contributed by atoms with Gasteiger partial charge in [0.25, 0.3) is 0 Å². The molecule has 172 valence electrons. The van der Waals surface area contributed by atoms with Crippen LogP contribution in [0.4, 0.5) is 30.9 Å². The van der Waals surface area contributed by atoms with Gasteiger partial charge in [-0.15, -0.1) is 0 Å². The number of carbonyl (C=O) groups is 1. The number of amides is 1. The van der Waals surface area contributed by atoms with Crippen molar-refractivity contribution in [2.45, 2.75) is 38.3 Å². The average molecular weight is 454 g/mol. The molecule has 2 saturated heterocycles. The van der Waals surface area contributed by atoms with Gasteiger partial charge in [-0.25, -0.2) is 28.5 Å². The van der Waals surface area contributed by atoms with Crippen LogP contribution in [0.3, 0.4) is 0 Å². The van der Waals surface area contributed by atoms with Gasteiger partial charge in [0.15, 0.2) is 17.5 Å². The topological polar surface area (TPSA) is 83.5 Å². The Morgan fingerprint density at radius 1 is 1.12 bits per heavy atom. The maximum Gasteiger partial charge on any atom is 0.410 e.